The highest BCUT2D eigenvalue weighted by molar-refractivity contribution is 5.78. The van der Waals surface area contributed by atoms with Gasteiger partial charge < -0.3 is 9.64 Å². The number of amides is 1. The maximum absolute atomic E-state index is 11.7. The molecule has 100 valence electrons. The molecule has 0 aliphatic heterocycles. The summed E-state index contributed by atoms with van der Waals surface area (Å²) in [5.41, 5.74) is 0. The predicted octanol–water partition coefficient (Wildman–Crippen LogP) is 2.09. The van der Waals surface area contributed by atoms with Crippen molar-refractivity contribution in [3.63, 3.8) is 0 Å². The summed E-state index contributed by atoms with van der Waals surface area (Å²) in [5.74, 6) is -0.251. The van der Waals surface area contributed by atoms with Gasteiger partial charge in [0.05, 0.1) is 0 Å². The first-order chi connectivity index (χ1) is 8.65. The van der Waals surface area contributed by atoms with Crippen LogP contribution < -0.4 is 0 Å². The Balaban J connectivity index is 3.98. The van der Waals surface area contributed by atoms with E-state index < -0.39 is 0 Å². The first-order valence-corrected chi connectivity index (χ1v) is 5.95. The van der Waals surface area contributed by atoms with Gasteiger partial charge in [0.1, 0.15) is 6.61 Å². The topological polar surface area (TPSA) is 46.6 Å². The number of esters is 1. The molecule has 0 spiro atoms. The molecule has 0 atom stereocenters. The molecule has 0 bridgehead atoms. The fourth-order valence-corrected chi connectivity index (χ4v) is 1.21. The minimum atomic E-state index is -0.245. The van der Waals surface area contributed by atoms with Gasteiger partial charge in [-0.2, -0.15) is 0 Å². The van der Waals surface area contributed by atoms with Crippen LogP contribution in [0.3, 0.4) is 0 Å². The standard InChI is InChI=1S/C14H21NO3/c1-4-10-15(11-5-2)13(16)9-7-8-12-18-14(17)6-3/h4-5,7-8H,1-2,6,9-12H2,3H3/b8-7-. The van der Waals surface area contributed by atoms with Crippen molar-refractivity contribution in [3.05, 3.63) is 37.5 Å². The lowest BCUT2D eigenvalue weighted by atomic mass is 10.3. The highest BCUT2D eigenvalue weighted by atomic mass is 16.5. The summed E-state index contributed by atoms with van der Waals surface area (Å²) in [6, 6.07) is 0. The molecule has 0 saturated heterocycles. The number of hydrogen-bond acceptors (Lipinski definition) is 3. The third-order valence-electron chi connectivity index (χ3n) is 2.14. The fraction of sp³-hybridized carbons (Fsp3) is 0.429. The number of hydrogen-bond donors (Lipinski definition) is 0. The van der Waals surface area contributed by atoms with Crippen LogP contribution in [-0.4, -0.2) is 36.5 Å². The van der Waals surface area contributed by atoms with Crippen LogP contribution in [0.15, 0.2) is 37.5 Å². The normalized spacial score (nSPS) is 10.1. The molecule has 18 heavy (non-hydrogen) atoms. The lowest BCUT2D eigenvalue weighted by Gasteiger charge is -2.18. The first kappa shape index (κ1) is 16.2. The Morgan fingerprint density at radius 1 is 1.17 bits per heavy atom. The minimum absolute atomic E-state index is 0.00660. The van der Waals surface area contributed by atoms with E-state index in [9.17, 15) is 9.59 Å². The van der Waals surface area contributed by atoms with Crippen LogP contribution in [0.25, 0.3) is 0 Å². The van der Waals surface area contributed by atoms with Crippen LogP contribution >= 0.6 is 0 Å². The third kappa shape index (κ3) is 7.44. The molecule has 0 aromatic carbocycles. The molecular weight excluding hydrogens is 230 g/mol. The summed E-state index contributed by atoms with van der Waals surface area (Å²) in [7, 11) is 0. The van der Waals surface area contributed by atoms with Gasteiger partial charge in [-0.05, 0) is 0 Å². The molecule has 0 aliphatic carbocycles. The SMILES string of the molecule is C=CCN(CC=C)C(=O)C/C=C\COC(=O)CC. The maximum Gasteiger partial charge on any atom is 0.305 e. The molecule has 0 aromatic heterocycles. The Morgan fingerprint density at radius 3 is 2.28 bits per heavy atom. The summed E-state index contributed by atoms with van der Waals surface area (Å²) >= 11 is 0. The van der Waals surface area contributed by atoms with Crippen molar-refractivity contribution < 1.29 is 14.3 Å². The molecule has 4 nitrogen and oxygen atoms in total. The van der Waals surface area contributed by atoms with Crippen LogP contribution in [0.5, 0.6) is 0 Å². The first-order valence-electron chi connectivity index (χ1n) is 5.95. The molecule has 4 heteroatoms. The predicted molar refractivity (Wildman–Crippen MR) is 72.0 cm³/mol. The van der Waals surface area contributed by atoms with Crippen LogP contribution in [0.2, 0.25) is 0 Å². The van der Waals surface area contributed by atoms with Gasteiger partial charge in [0, 0.05) is 25.9 Å². The van der Waals surface area contributed by atoms with E-state index >= 15 is 0 Å². The quantitative estimate of drug-likeness (QED) is 0.465. The molecule has 0 aliphatic rings. The Kier molecular flexibility index (Phi) is 9.27. The van der Waals surface area contributed by atoms with Crippen molar-refractivity contribution in [2.45, 2.75) is 19.8 Å². The Hall–Kier alpha value is -1.84. The summed E-state index contributed by atoms with van der Waals surface area (Å²) in [5, 5.41) is 0. The van der Waals surface area contributed by atoms with Crippen molar-refractivity contribution in [2.75, 3.05) is 19.7 Å². The Labute approximate surface area is 109 Å². The minimum Gasteiger partial charge on any atom is -0.461 e. The lowest BCUT2D eigenvalue weighted by molar-refractivity contribution is -0.142. The average Bonchev–Trinajstić information content (AvgIpc) is 2.37. The van der Waals surface area contributed by atoms with Crippen molar-refractivity contribution >= 4 is 11.9 Å². The molecule has 0 aromatic rings. The number of carbonyl (C=O) groups is 2. The van der Waals surface area contributed by atoms with Gasteiger partial charge in [0.25, 0.3) is 0 Å². The lowest BCUT2D eigenvalue weighted by Crippen LogP contribution is -2.30. The van der Waals surface area contributed by atoms with E-state index in [1.165, 1.54) is 0 Å². The fourth-order valence-electron chi connectivity index (χ4n) is 1.21. The maximum atomic E-state index is 11.7. The molecule has 0 radical (unpaired) electrons. The van der Waals surface area contributed by atoms with E-state index in [0.717, 1.165) is 0 Å². The molecule has 0 unspecified atom stereocenters. The summed E-state index contributed by atoms with van der Waals surface area (Å²) in [4.78, 5) is 24.2. The monoisotopic (exact) mass is 251 g/mol. The van der Waals surface area contributed by atoms with Crippen LogP contribution in [0.4, 0.5) is 0 Å². The second kappa shape index (κ2) is 10.3. The molecule has 1 amide bonds. The van der Waals surface area contributed by atoms with Gasteiger partial charge in [-0.25, -0.2) is 0 Å². The van der Waals surface area contributed by atoms with Gasteiger partial charge in [-0.1, -0.05) is 31.2 Å². The van der Waals surface area contributed by atoms with Gasteiger partial charge in [0.2, 0.25) is 5.91 Å². The number of nitrogens with zero attached hydrogens (tertiary/aromatic N) is 1. The van der Waals surface area contributed by atoms with E-state index in [4.69, 9.17) is 4.74 Å². The zero-order valence-corrected chi connectivity index (χ0v) is 10.9. The second-order valence-corrected chi connectivity index (χ2v) is 3.59. The van der Waals surface area contributed by atoms with E-state index in [-0.39, 0.29) is 24.9 Å². The van der Waals surface area contributed by atoms with Crippen LogP contribution in [-0.2, 0) is 14.3 Å². The van der Waals surface area contributed by atoms with Crippen molar-refractivity contribution in [3.8, 4) is 0 Å². The van der Waals surface area contributed by atoms with E-state index in [2.05, 4.69) is 13.2 Å². The third-order valence-corrected chi connectivity index (χ3v) is 2.14. The van der Waals surface area contributed by atoms with Crippen molar-refractivity contribution in [1.29, 1.82) is 0 Å². The van der Waals surface area contributed by atoms with Gasteiger partial charge in [-0.3, -0.25) is 9.59 Å². The van der Waals surface area contributed by atoms with Crippen molar-refractivity contribution in [2.24, 2.45) is 0 Å². The van der Waals surface area contributed by atoms with Gasteiger partial charge in [-0.15, -0.1) is 13.2 Å². The Morgan fingerprint density at radius 2 is 1.78 bits per heavy atom. The summed E-state index contributed by atoms with van der Waals surface area (Å²) < 4.78 is 4.85. The highest BCUT2D eigenvalue weighted by Crippen LogP contribution is 1.97. The van der Waals surface area contributed by atoms with Crippen LogP contribution in [0.1, 0.15) is 19.8 Å². The zero-order valence-electron chi connectivity index (χ0n) is 10.9. The Bertz CT molecular complexity index is 311. The molecule has 0 rings (SSSR count). The second-order valence-electron chi connectivity index (χ2n) is 3.59. The van der Waals surface area contributed by atoms with E-state index in [0.29, 0.717) is 19.5 Å². The summed E-state index contributed by atoms with van der Waals surface area (Å²) in [6.45, 7) is 10.2. The molecular formula is C14H21NO3. The average molecular weight is 251 g/mol. The highest BCUT2D eigenvalue weighted by Gasteiger charge is 2.07. The summed E-state index contributed by atoms with van der Waals surface area (Å²) in [6.07, 6.45) is 7.36. The molecule has 0 heterocycles. The van der Waals surface area contributed by atoms with Crippen molar-refractivity contribution in [1.82, 2.24) is 4.90 Å². The largest absolute Gasteiger partial charge is 0.461 e. The molecule has 0 N–H and O–H groups in total. The van der Waals surface area contributed by atoms with Crippen LogP contribution in [0, 0.1) is 0 Å². The van der Waals surface area contributed by atoms with Gasteiger partial charge >= 0.3 is 5.97 Å². The van der Waals surface area contributed by atoms with E-state index in [1.807, 2.05) is 0 Å². The smallest absolute Gasteiger partial charge is 0.305 e. The zero-order chi connectivity index (χ0) is 13.8. The molecule has 0 saturated carbocycles. The number of ether oxygens (including phenoxy) is 1. The number of carbonyl (C=O) groups excluding carboxylic acids is 2. The van der Waals surface area contributed by atoms with Gasteiger partial charge in [0.15, 0.2) is 0 Å². The number of rotatable bonds is 9. The molecule has 0 fully saturated rings. The van der Waals surface area contributed by atoms with E-state index in [1.54, 1.807) is 36.1 Å².